The molecule has 0 unspecified atom stereocenters. The third-order valence-corrected chi connectivity index (χ3v) is 10.2. The van der Waals surface area contributed by atoms with Gasteiger partial charge < -0.3 is 19.4 Å². The highest BCUT2D eigenvalue weighted by molar-refractivity contribution is 8.00. The van der Waals surface area contributed by atoms with E-state index in [1.807, 2.05) is 48.1 Å². The summed E-state index contributed by atoms with van der Waals surface area (Å²) in [6, 6.07) is 22.5. The number of pyridine rings is 1. The van der Waals surface area contributed by atoms with Crippen molar-refractivity contribution < 1.29 is 31.1 Å². The monoisotopic (exact) mass is 680 g/mol. The number of halogens is 3. The summed E-state index contributed by atoms with van der Waals surface area (Å²) in [4.78, 5) is 4.68. The lowest BCUT2D eigenvalue weighted by Gasteiger charge is -2.12. The van der Waals surface area contributed by atoms with Gasteiger partial charge in [-0.2, -0.15) is 13.2 Å². The van der Waals surface area contributed by atoms with Gasteiger partial charge >= 0.3 is 5.51 Å². The number of nitrogens with zero attached hydrogens (tertiary/aromatic N) is 3. The molecule has 6 aromatic rings. The van der Waals surface area contributed by atoms with E-state index in [1.165, 1.54) is 16.1 Å². The number of rotatable bonds is 11. The van der Waals surface area contributed by atoms with E-state index in [2.05, 4.69) is 10.3 Å². The fraction of sp³-hybridized carbons (Fsp3) is 0.206. The first-order valence-electron chi connectivity index (χ1n) is 14.5. The van der Waals surface area contributed by atoms with Crippen LogP contribution in [0.2, 0.25) is 0 Å². The van der Waals surface area contributed by atoms with Crippen molar-refractivity contribution in [1.29, 1.82) is 0 Å². The fourth-order valence-corrected chi connectivity index (χ4v) is 7.81. The van der Waals surface area contributed by atoms with Crippen molar-refractivity contribution in [2.45, 2.75) is 29.2 Å². The smallest absolute Gasteiger partial charge is 0.446 e. The molecular weight excluding hydrogens is 650 g/mol. The van der Waals surface area contributed by atoms with E-state index in [9.17, 15) is 21.6 Å². The van der Waals surface area contributed by atoms with E-state index in [4.69, 9.17) is 9.47 Å². The number of nitrogens with one attached hydrogen (secondary N) is 1. The molecule has 0 atom stereocenters. The molecule has 6 rings (SSSR count). The SMILES string of the molecule is COc1cc2c(-c3cc4c(CNCc5ccc(SC(F)(F)F)cc5)ccnc4n3S(=O)(=O)Cc3ccccc3)cn(C)c2cc1OC. The molecule has 0 saturated carbocycles. The Morgan fingerprint density at radius 1 is 0.872 bits per heavy atom. The lowest BCUT2D eigenvalue weighted by molar-refractivity contribution is -0.0328. The average Bonchev–Trinajstić information content (AvgIpc) is 3.59. The molecule has 47 heavy (non-hydrogen) atoms. The summed E-state index contributed by atoms with van der Waals surface area (Å²) in [5, 5.41) is 4.76. The van der Waals surface area contributed by atoms with Crippen molar-refractivity contribution in [2.24, 2.45) is 7.05 Å². The Kier molecular flexibility index (Phi) is 8.97. The van der Waals surface area contributed by atoms with E-state index in [1.54, 1.807) is 56.8 Å². The summed E-state index contributed by atoms with van der Waals surface area (Å²) in [5.41, 5.74) is 0.161. The highest BCUT2D eigenvalue weighted by Gasteiger charge is 2.29. The Hall–Kier alpha value is -4.46. The van der Waals surface area contributed by atoms with Crippen LogP contribution < -0.4 is 14.8 Å². The zero-order chi connectivity index (χ0) is 33.3. The largest absolute Gasteiger partial charge is 0.493 e. The number of alkyl halides is 3. The van der Waals surface area contributed by atoms with Gasteiger partial charge in [-0.1, -0.05) is 42.5 Å². The highest BCUT2D eigenvalue weighted by atomic mass is 32.2. The number of aryl methyl sites for hydroxylation is 1. The molecule has 0 bridgehead atoms. The second kappa shape index (κ2) is 13.0. The Labute approximate surface area is 274 Å². The molecule has 0 spiro atoms. The normalized spacial score (nSPS) is 12.2. The highest BCUT2D eigenvalue weighted by Crippen LogP contribution is 2.41. The molecule has 3 aromatic carbocycles. The van der Waals surface area contributed by atoms with Crippen LogP contribution in [-0.4, -0.2) is 41.7 Å². The molecule has 0 aliphatic heterocycles. The molecule has 0 aliphatic rings. The molecule has 0 fully saturated rings. The van der Waals surface area contributed by atoms with Gasteiger partial charge in [-0.05, 0) is 58.8 Å². The van der Waals surface area contributed by atoms with Crippen molar-refractivity contribution in [2.75, 3.05) is 14.2 Å². The number of thioether (sulfide) groups is 1. The van der Waals surface area contributed by atoms with E-state index >= 15 is 0 Å². The van der Waals surface area contributed by atoms with E-state index in [0.717, 1.165) is 22.0 Å². The Morgan fingerprint density at radius 2 is 1.57 bits per heavy atom. The van der Waals surface area contributed by atoms with Crippen LogP contribution in [0.4, 0.5) is 13.2 Å². The van der Waals surface area contributed by atoms with Crippen LogP contribution in [-0.2, 0) is 35.9 Å². The Morgan fingerprint density at radius 3 is 2.26 bits per heavy atom. The van der Waals surface area contributed by atoms with Crippen molar-refractivity contribution in [3.05, 3.63) is 108 Å². The van der Waals surface area contributed by atoms with Gasteiger partial charge in [-0.25, -0.2) is 17.4 Å². The van der Waals surface area contributed by atoms with E-state index < -0.39 is 15.5 Å². The van der Waals surface area contributed by atoms with Gasteiger partial charge in [0.25, 0.3) is 0 Å². The van der Waals surface area contributed by atoms with Crippen LogP contribution in [0, 0.1) is 0 Å². The maximum atomic E-state index is 14.2. The lowest BCUT2D eigenvalue weighted by Crippen LogP contribution is -2.17. The summed E-state index contributed by atoms with van der Waals surface area (Å²) in [6.07, 6.45) is 3.46. The number of fused-ring (bicyclic) bond motifs is 2. The Bertz CT molecular complexity index is 2160. The number of hydrogen-bond donors (Lipinski definition) is 1. The molecule has 8 nitrogen and oxygen atoms in total. The second-order valence-electron chi connectivity index (χ2n) is 10.9. The lowest BCUT2D eigenvalue weighted by atomic mass is 10.1. The summed E-state index contributed by atoms with van der Waals surface area (Å²) in [7, 11) is 1.01. The fourth-order valence-electron chi connectivity index (χ4n) is 5.66. The van der Waals surface area contributed by atoms with E-state index in [-0.39, 0.29) is 22.4 Å². The molecule has 244 valence electrons. The van der Waals surface area contributed by atoms with Gasteiger partial charge in [-0.3, -0.25) is 0 Å². The summed E-state index contributed by atoms with van der Waals surface area (Å²) >= 11 is -0.152. The Balaban J connectivity index is 1.42. The minimum atomic E-state index is -4.35. The topological polar surface area (TPSA) is 87.4 Å². The summed E-state index contributed by atoms with van der Waals surface area (Å²) in [6.45, 7) is 0.756. The molecule has 1 N–H and O–H groups in total. The van der Waals surface area contributed by atoms with Crippen LogP contribution >= 0.6 is 11.8 Å². The molecule has 3 aromatic heterocycles. The zero-order valence-corrected chi connectivity index (χ0v) is 27.3. The quantitative estimate of drug-likeness (QED) is 0.142. The van der Waals surface area contributed by atoms with Crippen LogP contribution in [0.15, 0.2) is 96.2 Å². The van der Waals surface area contributed by atoms with Crippen LogP contribution in [0.3, 0.4) is 0 Å². The van der Waals surface area contributed by atoms with Crippen molar-refractivity contribution in [3.63, 3.8) is 0 Å². The van der Waals surface area contributed by atoms with E-state index in [0.29, 0.717) is 52.4 Å². The predicted molar refractivity (Wildman–Crippen MR) is 178 cm³/mol. The number of hydrogen-bond acceptors (Lipinski definition) is 7. The minimum Gasteiger partial charge on any atom is -0.493 e. The molecule has 0 radical (unpaired) electrons. The third-order valence-electron chi connectivity index (χ3n) is 7.79. The van der Waals surface area contributed by atoms with Gasteiger partial charge in [0.15, 0.2) is 17.1 Å². The molecular formula is C34H31F3N4O4S2. The number of benzene rings is 3. The number of aromatic nitrogens is 3. The van der Waals surface area contributed by atoms with Crippen molar-refractivity contribution >= 4 is 43.7 Å². The van der Waals surface area contributed by atoms with Gasteiger partial charge in [0.2, 0.25) is 10.0 Å². The molecule has 0 aliphatic carbocycles. The molecule has 13 heteroatoms. The second-order valence-corrected chi connectivity index (χ2v) is 13.9. The van der Waals surface area contributed by atoms with Gasteiger partial charge in [-0.15, -0.1) is 0 Å². The zero-order valence-electron chi connectivity index (χ0n) is 25.7. The first-order valence-corrected chi connectivity index (χ1v) is 16.9. The summed E-state index contributed by atoms with van der Waals surface area (Å²) in [5.74, 6) is 0.823. The standard InChI is InChI=1S/C34H31F3N4O4S2/c1-40-20-28(27-16-31(44-2)32(45-3)17-29(27)40)30-15-26-24(19-38-18-22-9-11-25(12-10-22)46-34(35,36)37)13-14-39-33(26)41(30)47(42,43)21-23-7-5-4-6-8-23/h4-17,20,38H,18-19,21H2,1-3H3. The van der Waals surface area contributed by atoms with Gasteiger partial charge in [0, 0.05) is 59.8 Å². The maximum absolute atomic E-state index is 14.2. The van der Waals surface area contributed by atoms with Crippen molar-refractivity contribution in [3.8, 4) is 22.8 Å². The van der Waals surface area contributed by atoms with Crippen LogP contribution in [0.25, 0.3) is 33.2 Å². The minimum absolute atomic E-state index is 0.118. The number of methoxy groups -OCH3 is 2. The first kappa shape index (κ1) is 32.5. The number of ether oxygens (including phenoxy) is 2. The van der Waals surface area contributed by atoms with Crippen molar-refractivity contribution in [1.82, 2.24) is 18.8 Å². The van der Waals surface area contributed by atoms with Crippen LogP contribution in [0.1, 0.15) is 16.7 Å². The van der Waals surface area contributed by atoms with Gasteiger partial charge in [0.05, 0.1) is 31.2 Å². The third kappa shape index (κ3) is 6.83. The molecule has 0 amide bonds. The molecule has 0 saturated heterocycles. The predicted octanol–water partition coefficient (Wildman–Crippen LogP) is 7.49. The average molecular weight is 681 g/mol. The summed E-state index contributed by atoms with van der Waals surface area (Å²) < 4.78 is 81.0. The molecule has 3 heterocycles. The van der Waals surface area contributed by atoms with Crippen LogP contribution in [0.5, 0.6) is 11.5 Å². The maximum Gasteiger partial charge on any atom is 0.446 e. The van der Waals surface area contributed by atoms with Gasteiger partial charge in [0.1, 0.15) is 0 Å². The first-order chi connectivity index (χ1) is 22.5.